The predicted octanol–water partition coefficient (Wildman–Crippen LogP) is 2.08. The molecule has 1 aliphatic rings. The maximum absolute atomic E-state index is 11.9. The zero-order valence-corrected chi connectivity index (χ0v) is 11.4. The Hall–Kier alpha value is -2.35. The van der Waals surface area contributed by atoms with Crippen molar-refractivity contribution in [3.05, 3.63) is 29.8 Å². The lowest BCUT2D eigenvalue weighted by atomic mass is 10.2. The monoisotopic (exact) mass is 272 g/mol. The van der Waals surface area contributed by atoms with Crippen molar-refractivity contribution in [2.45, 2.75) is 26.4 Å². The zero-order valence-electron chi connectivity index (χ0n) is 11.4. The van der Waals surface area contributed by atoms with Crippen LogP contribution in [0.3, 0.4) is 0 Å². The van der Waals surface area contributed by atoms with Crippen LogP contribution in [0.25, 0.3) is 0 Å². The quantitative estimate of drug-likeness (QED) is 0.851. The maximum Gasteiger partial charge on any atom is 0.309 e. The highest BCUT2D eigenvalue weighted by Gasteiger charge is 2.41. The number of carbonyl (C=O) groups excluding carboxylic acids is 2. The molecule has 1 aliphatic carbocycles. The molecule has 0 spiro atoms. The van der Waals surface area contributed by atoms with Crippen LogP contribution in [-0.2, 0) is 14.3 Å². The van der Waals surface area contributed by atoms with E-state index in [1.165, 1.54) is 0 Å². The van der Waals surface area contributed by atoms with Gasteiger partial charge in [0.25, 0.3) is 5.91 Å². The minimum atomic E-state index is -0.828. The Morgan fingerprint density at radius 1 is 1.40 bits per heavy atom. The first-order valence-electron chi connectivity index (χ1n) is 6.52. The number of nitriles is 1. The fourth-order valence-corrected chi connectivity index (χ4v) is 1.84. The molecule has 1 saturated carbocycles. The van der Waals surface area contributed by atoms with Gasteiger partial charge < -0.3 is 10.1 Å². The van der Waals surface area contributed by atoms with Crippen molar-refractivity contribution in [1.82, 2.24) is 0 Å². The fraction of sp³-hybridized carbons (Fsp3) is 0.400. The molecule has 1 fully saturated rings. The molecule has 5 nitrogen and oxygen atoms in total. The third-order valence-electron chi connectivity index (χ3n) is 3.36. The van der Waals surface area contributed by atoms with Crippen molar-refractivity contribution in [3.8, 4) is 6.07 Å². The van der Waals surface area contributed by atoms with Crippen molar-refractivity contribution in [2.75, 3.05) is 5.32 Å². The number of hydrogen-bond acceptors (Lipinski definition) is 4. The normalized spacial score (nSPS) is 21.4. The number of nitrogens with one attached hydrogen (secondary N) is 1. The van der Waals surface area contributed by atoms with E-state index in [9.17, 15) is 9.59 Å². The lowest BCUT2D eigenvalue weighted by molar-refractivity contribution is -0.154. The number of anilines is 1. The fourth-order valence-electron chi connectivity index (χ4n) is 1.84. The van der Waals surface area contributed by atoms with Gasteiger partial charge in [-0.25, -0.2) is 0 Å². The van der Waals surface area contributed by atoms with Gasteiger partial charge in [-0.05, 0) is 43.5 Å². The number of esters is 1. The molecule has 20 heavy (non-hydrogen) atoms. The molecule has 0 radical (unpaired) electrons. The van der Waals surface area contributed by atoms with Crippen molar-refractivity contribution < 1.29 is 14.3 Å². The number of rotatable bonds is 4. The van der Waals surface area contributed by atoms with Gasteiger partial charge in [-0.15, -0.1) is 0 Å². The summed E-state index contributed by atoms with van der Waals surface area (Å²) in [6.07, 6.45) is 0.00828. The van der Waals surface area contributed by atoms with Crippen LogP contribution in [0.4, 0.5) is 5.69 Å². The van der Waals surface area contributed by atoms with E-state index in [0.29, 0.717) is 17.2 Å². The molecule has 2 rings (SSSR count). The van der Waals surface area contributed by atoms with Gasteiger partial charge in [0.05, 0.1) is 17.6 Å². The lowest BCUT2D eigenvalue weighted by Gasteiger charge is -2.13. The van der Waals surface area contributed by atoms with Gasteiger partial charge in [0, 0.05) is 5.69 Å². The Kier molecular flexibility index (Phi) is 4.04. The Labute approximate surface area is 117 Å². The van der Waals surface area contributed by atoms with Crippen molar-refractivity contribution in [3.63, 3.8) is 0 Å². The summed E-state index contributed by atoms with van der Waals surface area (Å²) in [4.78, 5) is 23.5. The van der Waals surface area contributed by atoms with E-state index in [2.05, 4.69) is 5.32 Å². The summed E-state index contributed by atoms with van der Waals surface area (Å²) in [6, 6.07) is 8.48. The van der Waals surface area contributed by atoms with Crippen molar-refractivity contribution >= 4 is 17.6 Å². The van der Waals surface area contributed by atoms with Gasteiger partial charge in [0.15, 0.2) is 6.10 Å². The molecular formula is C15H16N2O3. The van der Waals surface area contributed by atoms with Gasteiger partial charge in [0.1, 0.15) is 0 Å². The van der Waals surface area contributed by atoms with Crippen LogP contribution >= 0.6 is 0 Å². The Balaban J connectivity index is 1.87. The summed E-state index contributed by atoms with van der Waals surface area (Å²) in [5.41, 5.74) is 1.09. The molecule has 5 heteroatoms. The van der Waals surface area contributed by atoms with Gasteiger partial charge in [-0.2, -0.15) is 5.26 Å². The molecule has 0 aromatic heterocycles. The highest BCUT2D eigenvalue weighted by atomic mass is 16.5. The number of hydrogen-bond donors (Lipinski definition) is 1. The van der Waals surface area contributed by atoms with Crippen LogP contribution in [0.2, 0.25) is 0 Å². The number of benzene rings is 1. The van der Waals surface area contributed by atoms with E-state index in [0.717, 1.165) is 6.42 Å². The van der Waals surface area contributed by atoms with Gasteiger partial charge in [-0.3, -0.25) is 9.59 Å². The van der Waals surface area contributed by atoms with E-state index < -0.39 is 6.10 Å². The topological polar surface area (TPSA) is 79.2 Å². The van der Waals surface area contributed by atoms with Crippen LogP contribution in [0.1, 0.15) is 25.8 Å². The highest BCUT2D eigenvalue weighted by Crippen LogP contribution is 2.38. The first-order chi connectivity index (χ1) is 9.51. The van der Waals surface area contributed by atoms with E-state index in [4.69, 9.17) is 10.00 Å². The molecule has 0 aliphatic heterocycles. The molecule has 1 aromatic carbocycles. The summed E-state index contributed by atoms with van der Waals surface area (Å²) in [7, 11) is 0. The Morgan fingerprint density at radius 2 is 2.00 bits per heavy atom. The molecule has 3 atom stereocenters. The van der Waals surface area contributed by atoms with Crippen molar-refractivity contribution in [1.29, 1.82) is 5.26 Å². The molecule has 1 aromatic rings. The molecule has 0 bridgehead atoms. The second-order valence-corrected chi connectivity index (χ2v) is 5.08. The smallest absolute Gasteiger partial charge is 0.309 e. The number of nitrogens with zero attached hydrogens (tertiary/aromatic N) is 1. The second-order valence-electron chi connectivity index (χ2n) is 5.08. The highest BCUT2D eigenvalue weighted by molar-refractivity contribution is 5.95. The molecule has 0 unspecified atom stereocenters. The number of carbonyl (C=O) groups is 2. The van der Waals surface area contributed by atoms with Crippen molar-refractivity contribution in [2.24, 2.45) is 11.8 Å². The minimum absolute atomic E-state index is 0.0554. The van der Waals surface area contributed by atoms with Gasteiger partial charge in [-0.1, -0.05) is 6.92 Å². The molecular weight excluding hydrogens is 256 g/mol. The minimum Gasteiger partial charge on any atom is -0.452 e. The largest absolute Gasteiger partial charge is 0.452 e. The van der Waals surface area contributed by atoms with E-state index >= 15 is 0 Å². The summed E-state index contributed by atoms with van der Waals surface area (Å²) in [6.45, 7) is 3.53. The Morgan fingerprint density at radius 3 is 2.50 bits per heavy atom. The van der Waals surface area contributed by atoms with Crippen LogP contribution in [0.5, 0.6) is 0 Å². The first-order valence-corrected chi connectivity index (χ1v) is 6.52. The number of amides is 1. The lowest BCUT2D eigenvalue weighted by Crippen LogP contribution is -2.30. The molecule has 1 N–H and O–H groups in total. The first kappa shape index (κ1) is 14.1. The maximum atomic E-state index is 11.9. The van der Waals surface area contributed by atoms with E-state index in [1.807, 2.05) is 13.0 Å². The van der Waals surface area contributed by atoms with Crippen LogP contribution in [-0.4, -0.2) is 18.0 Å². The van der Waals surface area contributed by atoms with E-state index in [1.54, 1.807) is 31.2 Å². The third-order valence-corrected chi connectivity index (χ3v) is 3.36. The van der Waals surface area contributed by atoms with Gasteiger partial charge in [0.2, 0.25) is 0 Å². The van der Waals surface area contributed by atoms with Crippen LogP contribution in [0.15, 0.2) is 24.3 Å². The van der Waals surface area contributed by atoms with E-state index in [-0.39, 0.29) is 17.8 Å². The predicted molar refractivity (Wildman–Crippen MR) is 72.6 cm³/mol. The molecule has 104 valence electrons. The second kappa shape index (κ2) is 5.74. The standard InChI is InChI=1S/C15H16N2O3/c1-9-7-13(9)15(19)20-10(2)14(18)17-12-5-3-11(8-16)4-6-12/h3-6,9-10,13H,7H2,1-2H3,(H,17,18)/t9-,10+,13+/m1/s1. The summed E-state index contributed by atoms with van der Waals surface area (Å²) in [5, 5.41) is 11.3. The summed E-state index contributed by atoms with van der Waals surface area (Å²) in [5.74, 6) is -0.382. The molecule has 0 saturated heterocycles. The molecule has 1 amide bonds. The SMILES string of the molecule is C[C@H](OC(=O)[C@H]1C[C@H]1C)C(=O)Nc1ccc(C#N)cc1. The van der Waals surface area contributed by atoms with Crippen LogP contribution < -0.4 is 5.32 Å². The summed E-state index contributed by atoms with van der Waals surface area (Å²) < 4.78 is 5.12. The summed E-state index contributed by atoms with van der Waals surface area (Å²) >= 11 is 0. The average molecular weight is 272 g/mol. The van der Waals surface area contributed by atoms with Crippen LogP contribution in [0, 0.1) is 23.2 Å². The zero-order chi connectivity index (χ0) is 14.7. The Bertz CT molecular complexity index is 559. The number of ether oxygens (including phenoxy) is 1. The third kappa shape index (κ3) is 3.35. The molecule has 0 heterocycles. The van der Waals surface area contributed by atoms with Gasteiger partial charge >= 0.3 is 5.97 Å². The average Bonchev–Trinajstić information content (AvgIpc) is 3.16.